The standard InChI is InChI=1S/C15H19ClO2/c16-14-7-2-1-5-12(14)11-13-6-3-4-8-15(13)17-9-10-18-15/h1-2,5,7,13H,3-4,6,8-11H2. The molecule has 1 saturated carbocycles. The Morgan fingerprint density at radius 3 is 2.72 bits per heavy atom. The molecule has 1 atom stereocenters. The van der Waals surface area contributed by atoms with Gasteiger partial charge in [0, 0.05) is 17.4 Å². The first kappa shape index (κ1) is 12.5. The highest BCUT2D eigenvalue weighted by Gasteiger charge is 2.45. The summed E-state index contributed by atoms with van der Waals surface area (Å²) in [5.41, 5.74) is 1.21. The van der Waals surface area contributed by atoms with Crippen LogP contribution in [0.15, 0.2) is 24.3 Å². The fraction of sp³-hybridized carbons (Fsp3) is 0.600. The number of benzene rings is 1. The molecule has 98 valence electrons. The van der Waals surface area contributed by atoms with E-state index in [2.05, 4.69) is 6.07 Å². The van der Waals surface area contributed by atoms with Gasteiger partial charge in [0.1, 0.15) is 0 Å². The van der Waals surface area contributed by atoms with E-state index in [4.69, 9.17) is 21.1 Å². The van der Waals surface area contributed by atoms with Gasteiger partial charge in [-0.3, -0.25) is 0 Å². The predicted molar refractivity (Wildman–Crippen MR) is 71.7 cm³/mol. The summed E-state index contributed by atoms with van der Waals surface area (Å²) in [7, 11) is 0. The van der Waals surface area contributed by atoms with Crippen LogP contribution in [-0.2, 0) is 15.9 Å². The number of hydrogen-bond acceptors (Lipinski definition) is 2. The molecule has 1 saturated heterocycles. The zero-order chi connectivity index (χ0) is 12.4. The molecule has 1 aromatic carbocycles. The Hall–Kier alpha value is -0.570. The number of ether oxygens (including phenoxy) is 2. The van der Waals surface area contributed by atoms with Crippen LogP contribution >= 0.6 is 11.6 Å². The molecular formula is C15H19ClO2. The molecule has 0 radical (unpaired) electrons. The van der Waals surface area contributed by atoms with Gasteiger partial charge in [0.25, 0.3) is 0 Å². The molecule has 1 unspecified atom stereocenters. The molecule has 1 aromatic rings. The second-order valence-corrected chi connectivity index (χ2v) is 5.65. The zero-order valence-electron chi connectivity index (χ0n) is 10.5. The van der Waals surface area contributed by atoms with Gasteiger partial charge in [-0.05, 0) is 30.9 Å². The normalized spacial score (nSPS) is 26.6. The molecule has 3 heteroatoms. The van der Waals surface area contributed by atoms with E-state index in [0.29, 0.717) is 5.92 Å². The summed E-state index contributed by atoms with van der Waals surface area (Å²) >= 11 is 6.26. The zero-order valence-corrected chi connectivity index (χ0v) is 11.3. The van der Waals surface area contributed by atoms with E-state index in [-0.39, 0.29) is 5.79 Å². The van der Waals surface area contributed by atoms with Gasteiger partial charge in [0.05, 0.1) is 13.2 Å². The average molecular weight is 267 g/mol. The van der Waals surface area contributed by atoms with Crippen LogP contribution in [0.2, 0.25) is 5.02 Å². The first-order valence-electron chi connectivity index (χ1n) is 6.81. The van der Waals surface area contributed by atoms with Crippen LogP contribution in [0, 0.1) is 5.92 Å². The Labute approximate surface area is 113 Å². The van der Waals surface area contributed by atoms with E-state index in [1.807, 2.05) is 18.2 Å². The SMILES string of the molecule is Clc1ccccc1CC1CCCCC12OCCO2. The summed E-state index contributed by atoms with van der Waals surface area (Å²) < 4.78 is 11.9. The van der Waals surface area contributed by atoms with E-state index in [9.17, 15) is 0 Å². The van der Waals surface area contributed by atoms with E-state index in [1.165, 1.54) is 24.8 Å². The fourth-order valence-electron chi connectivity index (χ4n) is 3.22. The maximum atomic E-state index is 6.26. The Balaban J connectivity index is 1.80. The minimum absolute atomic E-state index is 0.322. The van der Waals surface area contributed by atoms with Gasteiger partial charge in [-0.1, -0.05) is 36.2 Å². The number of rotatable bonds is 2. The van der Waals surface area contributed by atoms with Gasteiger partial charge in [-0.25, -0.2) is 0 Å². The van der Waals surface area contributed by atoms with Crippen molar-refractivity contribution >= 4 is 11.6 Å². The van der Waals surface area contributed by atoms with Gasteiger partial charge >= 0.3 is 0 Å². The number of hydrogen-bond donors (Lipinski definition) is 0. The lowest BCUT2D eigenvalue weighted by atomic mass is 9.79. The van der Waals surface area contributed by atoms with Crippen LogP contribution < -0.4 is 0 Å². The smallest absolute Gasteiger partial charge is 0.171 e. The summed E-state index contributed by atoms with van der Waals surface area (Å²) in [6, 6.07) is 8.10. The van der Waals surface area contributed by atoms with Crippen LogP contribution in [0.5, 0.6) is 0 Å². The Morgan fingerprint density at radius 1 is 1.17 bits per heavy atom. The molecule has 2 nitrogen and oxygen atoms in total. The van der Waals surface area contributed by atoms with Crippen LogP contribution in [-0.4, -0.2) is 19.0 Å². The van der Waals surface area contributed by atoms with Crippen molar-refractivity contribution < 1.29 is 9.47 Å². The van der Waals surface area contributed by atoms with Crippen molar-refractivity contribution in [3.63, 3.8) is 0 Å². The Bertz CT molecular complexity index is 413. The molecule has 1 aliphatic carbocycles. The van der Waals surface area contributed by atoms with Crippen LogP contribution in [0.1, 0.15) is 31.2 Å². The third kappa shape index (κ3) is 2.29. The second kappa shape index (κ2) is 5.20. The molecule has 0 aromatic heterocycles. The topological polar surface area (TPSA) is 18.5 Å². The van der Waals surface area contributed by atoms with Gasteiger partial charge in [-0.15, -0.1) is 0 Å². The molecule has 1 heterocycles. The van der Waals surface area contributed by atoms with Crippen molar-refractivity contribution in [1.82, 2.24) is 0 Å². The lowest BCUT2D eigenvalue weighted by molar-refractivity contribution is -0.212. The van der Waals surface area contributed by atoms with Gasteiger partial charge in [0.15, 0.2) is 5.79 Å². The third-order valence-corrected chi connectivity index (χ3v) is 4.52. The van der Waals surface area contributed by atoms with Crippen molar-refractivity contribution in [3.05, 3.63) is 34.9 Å². The molecule has 18 heavy (non-hydrogen) atoms. The molecule has 1 aliphatic heterocycles. The van der Waals surface area contributed by atoms with E-state index in [1.54, 1.807) is 0 Å². The maximum Gasteiger partial charge on any atom is 0.171 e. The summed E-state index contributed by atoms with van der Waals surface area (Å²) in [6.07, 6.45) is 5.63. The minimum atomic E-state index is -0.322. The maximum absolute atomic E-state index is 6.26. The monoisotopic (exact) mass is 266 g/mol. The molecule has 0 bridgehead atoms. The van der Waals surface area contributed by atoms with Gasteiger partial charge in [0.2, 0.25) is 0 Å². The van der Waals surface area contributed by atoms with Gasteiger partial charge in [-0.2, -0.15) is 0 Å². The Kier molecular flexibility index (Phi) is 3.60. The highest BCUT2D eigenvalue weighted by molar-refractivity contribution is 6.31. The summed E-state index contributed by atoms with van der Waals surface area (Å²) in [5, 5.41) is 0.858. The van der Waals surface area contributed by atoms with Crippen molar-refractivity contribution in [2.75, 3.05) is 13.2 Å². The third-order valence-electron chi connectivity index (χ3n) is 4.15. The molecule has 3 rings (SSSR count). The summed E-state index contributed by atoms with van der Waals surface area (Å²) in [5.74, 6) is 0.117. The van der Waals surface area contributed by atoms with Crippen LogP contribution in [0.3, 0.4) is 0 Å². The molecular weight excluding hydrogens is 248 g/mol. The first-order valence-corrected chi connectivity index (χ1v) is 7.19. The lowest BCUT2D eigenvalue weighted by Crippen LogP contribution is -2.42. The molecule has 0 N–H and O–H groups in total. The number of halogens is 1. The van der Waals surface area contributed by atoms with Crippen LogP contribution in [0.4, 0.5) is 0 Å². The predicted octanol–water partition coefficient (Wildman–Crippen LogP) is 3.82. The van der Waals surface area contributed by atoms with Gasteiger partial charge < -0.3 is 9.47 Å². The van der Waals surface area contributed by atoms with Crippen molar-refractivity contribution in [2.45, 2.75) is 37.9 Å². The molecule has 2 fully saturated rings. The molecule has 2 aliphatic rings. The second-order valence-electron chi connectivity index (χ2n) is 5.25. The highest BCUT2D eigenvalue weighted by Crippen LogP contribution is 2.42. The van der Waals surface area contributed by atoms with E-state index >= 15 is 0 Å². The van der Waals surface area contributed by atoms with Crippen molar-refractivity contribution in [1.29, 1.82) is 0 Å². The van der Waals surface area contributed by atoms with E-state index < -0.39 is 0 Å². The fourth-order valence-corrected chi connectivity index (χ4v) is 3.44. The van der Waals surface area contributed by atoms with E-state index in [0.717, 1.165) is 31.1 Å². The minimum Gasteiger partial charge on any atom is -0.347 e. The lowest BCUT2D eigenvalue weighted by Gasteiger charge is -2.39. The first-order chi connectivity index (χ1) is 8.80. The summed E-state index contributed by atoms with van der Waals surface area (Å²) in [6.45, 7) is 1.47. The Morgan fingerprint density at radius 2 is 1.94 bits per heavy atom. The highest BCUT2D eigenvalue weighted by atomic mass is 35.5. The van der Waals surface area contributed by atoms with Crippen molar-refractivity contribution in [2.24, 2.45) is 5.92 Å². The molecule has 1 spiro atoms. The molecule has 0 amide bonds. The van der Waals surface area contributed by atoms with Crippen LogP contribution in [0.25, 0.3) is 0 Å². The summed E-state index contributed by atoms with van der Waals surface area (Å²) in [4.78, 5) is 0. The largest absolute Gasteiger partial charge is 0.347 e. The average Bonchev–Trinajstić information content (AvgIpc) is 2.84. The van der Waals surface area contributed by atoms with Crippen molar-refractivity contribution in [3.8, 4) is 0 Å². The quantitative estimate of drug-likeness (QED) is 0.810.